The predicted molar refractivity (Wildman–Crippen MR) is 80.8 cm³/mol. The van der Waals surface area contributed by atoms with Gasteiger partial charge in [-0.1, -0.05) is 12.8 Å². The third kappa shape index (κ3) is 4.19. The van der Waals surface area contributed by atoms with Crippen LogP contribution in [0.1, 0.15) is 45.4 Å². The SMILES string of the molecule is COC(=O)C1CCCN(C(C)C(=O)N2CCCCCC2)C1. The number of piperidine rings is 1. The molecule has 2 rings (SSSR count). The average Bonchev–Trinajstić information content (AvgIpc) is 2.82. The number of esters is 1. The summed E-state index contributed by atoms with van der Waals surface area (Å²) in [5, 5.41) is 0. The van der Waals surface area contributed by atoms with E-state index in [1.165, 1.54) is 20.0 Å². The van der Waals surface area contributed by atoms with E-state index in [2.05, 4.69) is 4.90 Å². The Morgan fingerprint density at radius 3 is 2.33 bits per heavy atom. The molecule has 1 amide bonds. The molecule has 0 aliphatic carbocycles. The normalized spacial score (nSPS) is 26.0. The van der Waals surface area contributed by atoms with Crippen molar-refractivity contribution in [3.63, 3.8) is 0 Å². The van der Waals surface area contributed by atoms with Gasteiger partial charge in [0.15, 0.2) is 0 Å². The molecule has 0 N–H and O–H groups in total. The zero-order valence-corrected chi connectivity index (χ0v) is 13.3. The van der Waals surface area contributed by atoms with Crippen LogP contribution in [-0.2, 0) is 14.3 Å². The van der Waals surface area contributed by atoms with Crippen LogP contribution in [-0.4, -0.2) is 61.0 Å². The Morgan fingerprint density at radius 2 is 1.71 bits per heavy atom. The van der Waals surface area contributed by atoms with E-state index in [9.17, 15) is 9.59 Å². The zero-order valence-electron chi connectivity index (χ0n) is 13.3. The lowest BCUT2D eigenvalue weighted by molar-refractivity contribution is -0.149. The number of rotatable bonds is 3. The van der Waals surface area contributed by atoms with Gasteiger partial charge in [-0.25, -0.2) is 0 Å². The van der Waals surface area contributed by atoms with Gasteiger partial charge in [-0.15, -0.1) is 0 Å². The smallest absolute Gasteiger partial charge is 0.309 e. The van der Waals surface area contributed by atoms with Gasteiger partial charge in [0.2, 0.25) is 5.91 Å². The standard InChI is InChI=1S/C16H28N2O3/c1-13(15(19)17-9-5-3-4-6-10-17)18-11-7-8-14(12-18)16(20)21-2/h13-14H,3-12H2,1-2H3. The first-order valence-corrected chi connectivity index (χ1v) is 8.24. The molecule has 0 aromatic rings. The van der Waals surface area contributed by atoms with Crippen LogP contribution in [0.15, 0.2) is 0 Å². The lowest BCUT2D eigenvalue weighted by Crippen LogP contribution is -2.51. The quantitative estimate of drug-likeness (QED) is 0.743. The van der Waals surface area contributed by atoms with Gasteiger partial charge in [0.1, 0.15) is 0 Å². The summed E-state index contributed by atoms with van der Waals surface area (Å²) < 4.78 is 4.85. The molecule has 5 heteroatoms. The highest BCUT2D eigenvalue weighted by Gasteiger charge is 2.33. The van der Waals surface area contributed by atoms with Crippen molar-refractivity contribution >= 4 is 11.9 Å². The van der Waals surface area contributed by atoms with Crippen LogP contribution < -0.4 is 0 Å². The summed E-state index contributed by atoms with van der Waals surface area (Å²) in [6.07, 6.45) is 6.51. The topological polar surface area (TPSA) is 49.9 Å². The number of hydrogen-bond acceptors (Lipinski definition) is 4. The highest BCUT2D eigenvalue weighted by Crippen LogP contribution is 2.21. The number of nitrogens with zero attached hydrogens (tertiary/aromatic N) is 2. The number of amides is 1. The van der Waals surface area contributed by atoms with Gasteiger partial charge in [-0.3, -0.25) is 14.5 Å². The first-order chi connectivity index (χ1) is 10.1. The van der Waals surface area contributed by atoms with E-state index in [1.807, 2.05) is 11.8 Å². The summed E-state index contributed by atoms with van der Waals surface area (Å²) in [7, 11) is 1.44. The zero-order chi connectivity index (χ0) is 15.2. The summed E-state index contributed by atoms with van der Waals surface area (Å²) >= 11 is 0. The Morgan fingerprint density at radius 1 is 1.05 bits per heavy atom. The fourth-order valence-electron chi connectivity index (χ4n) is 3.43. The number of likely N-dealkylation sites (tertiary alicyclic amines) is 2. The summed E-state index contributed by atoms with van der Waals surface area (Å²) in [6, 6.07) is -0.129. The number of hydrogen-bond donors (Lipinski definition) is 0. The van der Waals surface area contributed by atoms with Crippen molar-refractivity contribution in [2.45, 2.75) is 51.5 Å². The second-order valence-corrected chi connectivity index (χ2v) is 6.27. The molecular weight excluding hydrogens is 268 g/mol. The minimum atomic E-state index is -0.144. The fraction of sp³-hybridized carbons (Fsp3) is 0.875. The van der Waals surface area contributed by atoms with E-state index in [0.717, 1.165) is 45.3 Å². The third-order valence-electron chi connectivity index (χ3n) is 4.81. The molecule has 2 atom stereocenters. The van der Waals surface area contributed by atoms with E-state index < -0.39 is 0 Å². The minimum Gasteiger partial charge on any atom is -0.469 e. The summed E-state index contributed by atoms with van der Waals surface area (Å²) in [5.74, 6) is -0.000305. The van der Waals surface area contributed by atoms with Crippen LogP contribution in [0.4, 0.5) is 0 Å². The van der Waals surface area contributed by atoms with Gasteiger partial charge >= 0.3 is 5.97 Å². The molecule has 2 heterocycles. The van der Waals surface area contributed by atoms with Gasteiger partial charge in [0, 0.05) is 19.6 Å². The predicted octanol–water partition coefficient (Wildman–Crippen LogP) is 1.66. The van der Waals surface area contributed by atoms with Crippen molar-refractivity contribution < 1.29 is 14.3 Å². The molecule has 2 aliphatic heterocycles. The molecule has 0 bridgehead atoms. The van der Waals surface area contributed by atoms with E-state index in [0.29, 0.717) is 6.54 Å². The summed E-state index contributed by atoms with van der Waals surface area (Å²) in [5.41, 5.74) is 0. The Bertz CT molecular complexity index is 365. The highest BCUT2D eigenvalue weighted by atomic mass is 16.5. The maximum absolute atomic E-state index is 12.7. The van der Waals surface area contributed by atoms with Crippen molar-refractivity contribution in [1.29, 1.82) is 0 Å². The molecule has 2 fully saturated rings. The van der Waals surface area contributed by atoms with Gasteiger partial charge < -0.3 is 9.64 Å². The molecule has 0 spiro atoms. The number of ether oxygens (including phenoxy) is 1. The molecule has 0 radical (unpaired) electrons. The van der Waals surface area contributed by atoms with Crippen LogP contribution in [0.3, 0.4) is 0 Å². The Hall–Kier alpha value is -1.10. The van der Waals surface area contributed by atoms with Crippen LogP contribution in [0.25, 0.3) is 0 Å². The van der Waals surface area contributed by atoms with Gasteiger partial charge in [0.05, 0.1) is 19.1 Å². The number of carbonyl (C=O) groups excluding carboxylic acids is 2. The van der Waals surface area contributed by atoms with E-state index in [4.69, 9.17) is 4.74 Å². The lowest BCUT2D eigenvalue weighted by Gasteiger charge is -2.37. The minimum absolute atomic E-state index is 0.0804. The third-order valence-corrected chi connectivity index (χ3v) is 4.81. The van der Waals surface area contributed by atoms with Gasteiger partial charge in [-0.2, -0.15) is 0 Å². The van der Waals surface area contributed by atoms with Crippen LogP contribution in [0, 0.1) is 5.92 Å². The van der Waals surface area contributed by atoms with Crippen molar-refractivity contribution in [2.75, 3.05) is 33.3 Å². The van der Waals surface area contributed by atoms with E-state index in [-0.39, 0.29) is 23.8 Å². The summed E-state index contributed by atoms with van der Waals surface area (Å²) in [4.78, 5) is 28.5. The van der Waals surface area contributed by atoms with Crippen molar-refractivity contribution in [1.82, 2.24) is 9.80 Å². The Balaban J connectivity index is 1.92. The largest absolute Gasteiger partial charge is 0.469 e. The molecule has 2 aliphatic rings. The highest BCUT2D eigenvalue weighted by molar-refractivity contribution is 5.81. The molecular formula is C16H28N2O3. The second kappa shape index (κ2) is 7.78. The first kappa shape index (κ1) is 16.3. The molecule has 21 heavy (non-hydrogen) atoms. The van der Waals surface area contributed by atoms with Crippen LogP contribution in [0.2, 0.25) is 0 Å². The maximum atomic E-state index is 12.7. The van der Waals surface area contributed by atoms with Crippen molar-refractivity contribution in [3.05, 3.63) is 0 Å². The molecule has 0 saturated carbocycles. The molecule has 2 saturated heterocycles. The monoisotopic (exact) mass is 296 g/mol. The Labute approximate surface area is 127 Å². The van der Waals surface area contributed by atoms with Crippen LogP contribution in [0.5, 0.6) is 0 Å². The summed E-state index contributed by atoms with van der Waals surface area (Å²) in [6.45, 7) is 5.30. The van der Waals surface area contributed by atoms with Crippen LogP contribution >= 0.6 is 0 Å². The first-order valence-electron chi connectivity index (χ1n) is 8.24. The molecule has 2 unspecified atom stereocenters. The molecule has 0 aromatic heterocycles. The maximum Gasteiger partial charge on any atom is 0.309 e. The molecule has 0 aromatic carbocycles. The van der Waals surface area contributed by atoms with E-state index in [1.54, 1.807) is 0 Å². The van der Waals surface area contributed by atoms with E-state index >= 15 is 0 Å². The van der Waals surface area contributed by atoms with Gasteiger partial charge in [0.25, 0.3) is 0 Å². The fourth-order valence-corrected chi connectivity index (χ4v) is 3.43. The molecule has 5 nitrogen and oxygen atoms in total. The van der Waals surface area contributed by atoms with Crippen molar-refractivity contribution in [3.8, 4) is 0 Å². The Kier molecular flexibility index (Phi) is 6.03. The number of carbonyl (C=O) groups is 2. The van der Waals surface area contributed by atoms with Crippen molar-refractivity contribution in [2.24, 2.45) is 5.92 Å². The second-order valence-electron chi connectivity index (χ2n) is 6.27. The average molecular weight is 296 g/mol. The van der Waals surface area contributed by atoms with Gasteiger partial charge in [-0.05, 0) is 39.2 Å². The number of methoxy groups -OCH3 is 1. The lowest BCUT2D eigenvalue weighted by atomic mass is 9.97. The molecule has 120 valence electrons.